The van der Waals surface area contributed by atoms with Crippen molar-refractivity contribution in [2.75, 3.05) is 0 Å². The molecule has 3 N–H and O–H groups in total. The van der Waals surface area contributed by atoms with E-state index in [-0.39, 0.29) is 11.5 Å². The third kappa shape index (κ3) is 3.11. The van der Waals surface area contributed by atoms with Crippen molar-refractivity contribution < 1.29 is 15.0 Å². The van der Waals surface area contributed by atoms with E-state index in [1.807, 2.05) is 0 Å². The van der Waals surface area contributed by atoms with Crippen LogP contribution in [0.1, 0.15) is 21.5 Å². The number of nitrogens with one attached hydrogen (secondary N) is 1. The summed E-state index contributed by atoms with van der Waals surface area (Å²) in [5, 5.41) is 22.8. The van der Waals surface area contributed by atoms with Crippen molar-refractivity contribution in [2.24, 2.45) is 5.10 Å². The number of amides is 1. The standard InChI is InChI=1S/C14H13N3O3/c1-9-5-11(18)6-13(19)12(9)8-16-17-14(20)10-3-2-4-15-7-10/h2-8,18-19H,1H3,(H,17,20)/b16-8-. The van der Waals surface area contributed by atoms with Gasteiger partial charge in [0.15, 0.2) is 0 Å². The minimum absolute atomic E-state index is 0.0310. The summed E-state index contributed by atoms with van der Waals surface area (Å²) in [6.07, 6.45) is 4.31. The van der Waals surface area contributed by atoms with Gasteiger partial charge in [-0.2, -0.15) is 5.10 Å². The number of phenolic OH excluding ortho intramolecular Hbond substituents is 2. The van der Waals surface area contributed by atoms with E-state index in [1.165, 1.54) is 24.5 Å². The van der Waals surface area contributed by atoms with Crippen molar-refractivity contribution in [2.45, 2.75) is 6.92 Å². The van der Waals surface area contributed by atoms with Crippen LogP contribution in [0.5, 0.6) is 11.5 Å². The Morgan fingerprint density at radius 1 is 1.40 bits per heavy atom. The van der Waals surface area contributed by atoms with Crippen LogP contribution in [0, 0.1) is 6.92 Å². The Hall–Kier alpha value is -2.89. The monoisotopic (exact) mass is 271 g/mol. The first-order valence-corrected chi connectivity index (χ1v) is 5.84. The summed E-state index contributed by atoms with van der Waals surface area (Å²) in [5.74, 6) is -0.538. The summed E-state index contributed by atoms with van der Waals surface area (Å²) in [6, 6.07) is 5.96. The van der Waals surface area contributed by atoms with Gasteiger partial charge in [0.2, 0.25) is 0 Å². The van der Waals surface area contributed by atoms with Crippen LogP contribution in [0.4, 0.5) is 0 Å². The molecule has 20 heavy (non-hydrogen) atoms. The highest BCUT2D eigenvalue weighted by Crippen LogP contribution is 2.24. The van der Waals surface area contributed by atoms with Crippen LogP contribution in [0.2, 0.25) is 0 Å². The number of hydrazone groups is 1. The zero-order valence-corrected chi connectivity index (χ0v) is 10.7. The van der Waals surface area contributed by atoms with Crippen LogP contribution in [-0.2, 0) is 0 Å². The lowest BCUT2D eigenvalue weighted by atomic mass is 10.1. The van der Waals surface area contributed by atoms with Crippen molar-refractivity contribution >= 4 is 12.1 Å². The number of phenols is 2. The average Bonchev–Trinajstić information content (AvgIpc) is 2.42. The number of hydrogen-bond donors (Lipinski definition) is 3. The number of nitrogens with zero attached hydrogens (tertiary/aromatic N) is 2. The van der Waals surface area contributed by atoms with E-state index < -0.39 is 5.91 Å². The normalized spacial score (nSPS) is 10.7. The van der Waals surface area contributed by atoms with Gasteiger partial charge in [0.1, 0.15) is 11.5 Å². The number of rotatable bonds is 3. The topological polar surface area (TPSA) is 94.8 Å². The van der Waals surface area contributed by atoms with Crippen molar-refractivity contribution in [3.8, 4) is 11.5 Å². The predicted molar refractivity (Wildman–Crippen MR) is 73.8 cm³/mol. The lowest BCUT2D eigenvalue weighted by molar-refractivity contribution is 0.0954. The fourth-order valence-corrected chi connectivity index (χ4v) is 1.65. The smallest absolute Gasteiger partial charge is 0.272 e. The molecule has 2 aromatic rings. The van der Waals surface area contributed by atoms with Gasteiger partial charge in [-0.3, -0.25) is 9.78 Å². The van der Waals surface area contributed by atoms with E-state index >= 15 is 0 Å². The lowest BCUT2D eigenvalue weighted by Crippen LogP contribution is -2.17. The molecule has 1 heterocycles. The SMILES string of the molecule is Cc1cc(O)cc(O)c1/C=N\NC(=O)c1cccnc1. The van der Waals surface area contributed by atoms with E-state index in [2.05, 4.69) is 15.5 Å². The highest BCUT2D eigenvalue weighted by atomic mass is 16.3. The first-order chi connectivity index (χ1) is 9.58. The number of benzene rings is 1. The zero-order chi connectivity index (χ0) is 14.5. The summed E-state index contributed by atoms with van der Waals surface area (Å²) in [4.78, 5) is 15.5. The second kappa shape index (κ2) is 5.83. The molecule has 2 rings (SSSR count). The van der Waals surface area contributed by atoms with Gasteiger partial charge >= 0.3 is 0 Å². The van der Waals surface area contributed by atoms with E-state index in [9.17, 15) is 15.0 Å². The quantitative estimate of drug-likeness (QED) is 0.583. The minimum Gasteiger partial charge on any atom is -0.508 e. The maximum atomic E-state index is 11.7. The molecular weight excluding hydrogens is 258 g/mol. The van der Waals surface area contributed by atoms with Crippen LogP contribution in [0.3, 0.4) is 0 Å². The van der Waals surface area contributed by atoms with Crippen molar-refractivity contribution in [3.63, 3.8) is 0 Å². The van der Waals surface area contributed by atoms with Gasteiger partial charge in [0.25, 0.3) is 5.91 Å². The maximum absolute atomic E-state index is 11.7. The summed E-state index contributed by atoms with van der Waals surface area (Å²) in [6.45, 7) is 1.71. The highest BCUT2D eigenvalue weighted by Gasteiger charge is 2.06. The molecule has 0 fully saturated rings. The Morgan fingerprint density at radius 3 is 2.85 bits per heavy atom. The van der Waals surface area contributed by atoms with E-state index in [0.717, 1.165) is 0 Å². The van der Waals surface area contributed by atoms with Crippen molar-refractivity contribution in [3.05, 3.63) is 53.3 Å². The molecule has 0 aliphatic heterocycles. The molecule has 0 atom stereocenters. The summed E-state index contributed by atoms with van der Waals surface area (Å²) < 4.78 is 0. The predicted octanol–water partition coefficient (Wildman–Crippen LogP) is 1.57. The molecule has 0 aliphatic carbocycles. The number of carbonyl (C=O) groups is 1. The van der Waals surface area contributed by atoms with Gasteiger partial charge in [-0.15, -0.1) is 0 Å². The molecule has 0 saturated carbocycles. The Balaban J connectivity index is 2.10. The number of carbonyl (C=O) groups excluding carboxylic acids is 1. The first kappa shape index (κ1) is 13.5. The number of pyridine rings is 1. The van der Waals surface area contributed by atoms with E-state index in [0.29, 0.717) is 16.7 Å². The second-order valence-corrected chi connectivity index (χ2v) is 4.14. The molecule has 0 spiro atoms. The van der Waals surface area contributed by atoms with Crippen LogP contribution in [0.25, 0.3) is 0 Å². The van der Waals surface area contributed by atoms with Crippen LogP contribution >= 0.6 is 0 Å². The largest absolute Gasteiger partial charge is 0.508 e. The summed E-state index contributed by atoms with van der Waals surface area (Å²) in [7, 11) is 0. The van der Waals surface area contributed by atoms with Gasteiger partial charge in [0.05, 0.1) is 11.8 Å². The summed E-state index contributed by atoms with van der Waals surface area (Å²) in [5.41, 5.74) is 3.78. The van der Waals surface area contributed by atoms with Gasteiger partial charge in [0, 0.05) is 24.0 Å². The minimum atomic E-state index is -0.398. The molecule has 0 bridgehead atoms. The molecule has 0 unspecified atom stereocenters. The van der Waals surface area contributed by atoms with Crippen molar-refractivity contribution in [1.29, 1.82) is 0 Å². The number of aromatic nitrogens is 1. The van der Waals surface area contributed by atoms with Gasteiger partial charge in [-0.1, -0.05) is 0 Å². The Labute approximate surface area is 115 Å². The third-order valence-corrected chi connectivity index (χ3v) is 2.63. The molecular formula is C14H13N3O3. The molecule has 0 saturated heterocycles. The van der Waals surface area contributed by atoms with E-state index in [4.69, 9.17) is 0 Å². The van der Waals surface area contributed by atoms with Crippen LogP contribution in [-0.4, -0.2) is 27.3 Å². The molecule has 0 aliphatic rings. The highest BCUT2D eigenvalue weighted by molar-refractivity contribution is 5.95. The fraction of sp³-hybridized carbons (Fsp3) is 0.0714. The zero-order valence-electron chi connectivity index (χ0n) is 10.7. The summed E-state index contributed by atoms with van der Waals surface area (Å²) >= 11 is 0. The molecule has 1 aromatic heterocycles. The number of aromatic hydroxyl groups is 2. The maximum Gasteiger partial charge on any atom is 0.272 e. The second-order valence-electron chi connectivity index (χ2n) is 4.14. The number of hydrogen-bond acceptors (Lipinski definition) is 5. The Morgan fingerprint density at radius 2 is 2.20 bits per heavy atom. The van der Waals surface area contributed by atoms with Crippen LogP contribution < -0.4 is 5.43 Å². The molecule has 1 amide bonds. The van der Waals surface area contributed by atoms with E-state index in [1.54, 1.807) is 25.3 Å². The van der Waals surface area contributed by atoms with Crippen molar-refractivity contribution in [1.82, 2.24) is 10.4 Å². The molecule has 1 aromatic carbocycles. The molecule has 102 valence electrons. The van der Waals surface area contributed by atoms with Crippen LogP contribution in [0.15, 0.2) is 41.8 Å². The van der Waals surface area contributed by atoms with Gasteiger partial charge in [-0.05, 0) is 30.7 Å². The first-order valence-electron chi connectivity index (χ1n) is 5.84. The fourth-order valence-electron chi connectivity index (χ4n) is 1.65. The molecule has 6 heteroatoms. The lowest BCUT2D eigenvalue weighted by Gasteiger charge is -2.04. The molecule has 6 nitrogen and oxygen atoms in total. The molecule has 0 radical (unpaired) electrons. The number of aryl methyl sites for hydroxylation is 1. The Kier molecular flexibility index (Phi) is 3.95. The van der Waals surface area contributed by atoms with Gasteiger partial charge in [-0.25, -0.2) is 5.43 Å². The third-order valence-electron chi connectivity index (χ3n) is 2.63. The average molecular weight is 271 g/mol. The Bertz CT molecular complexity index is 631. The van der Waals surface area contributed by atoms with Gasteiger partial charge < -0.3 is 10.2 Å².